The third-order valence-corrected chi connectivity index (χ3v) is 6.65. The zero-order valence-corrected chi connectivity index (χ0v) is 31.4. The number of fused-ring (bicyclic) bond motifs is 2. The SMILES string of the molecule is CC1=[C-]C(C)C=C1c1ccc2ccccc2c1.CC1=[C-]C(C)C=C1c1ccc2ccccc2c1.[CH3][Ge]([CH3])=[Hf+2].[Cl-].[Cl-]. The van der Waals surface area contributed by atoms with Gasteiger partial charge in [-0.05, 0) is 21.5 Å². The summed E-state index contributed by atoms with van der Waals surface area (Å²) in [6.45, 7) is 8.64. The molecule has 0 radical (unpaired) electrons. The molecule has 0 aliphatic heterocycles. The van der Waals surface area contributed by atoms with Crippen molar-refractivity contribution in [2.45, 2.75) is 39.2 Å². The average molecular weight is 791 g/mol. The first-order valence-corrected chi connectivity index (χ1v) is 27.9. The molecule has 0 heterocycles. The molecule has 2 aliphatic rings. The maximum absolute atomic E-state index is 3.44. The predicted molar refractivity (Wildman–Crippen MR) is 165 cm³/mol. The quantitative estimate of drug-likeness (QED) is 0.213. The Hall–Kier alpha value is -1.65. The first-order chi connectivity index (χ1) is 18.2. The maximum Gasteiger partial charge on any atom is -1.00 e. The summed E-state index contributed by atoms with van der Waals surface area (Å²) in [6.07, 6.45) is 11.5. The fraction of sp³-hybridized carbons (Fsp3) is 0.222. The molecule has 0 nitrogen and oxygen atoms in total. The van der Waals surface area contributed by atoms with Gasteiger partial charge in [-0.1, -0.05) is 136 Å². The van der Waals surface area contributed by atoms with Crippen LogP contribution in [0, 0.1) is 24.0 Å². The fourth-order valence-electron chi connectivity index (χ4n) is 5.01. The van der Waals surface area contributed by atoms with Crippen molar-refractivity contribution in [1.29, 1.82) is 0 Å². The van der Waals surface area contributed by atoms with E-state index in [0.29, 0.717) is 11.8 Å². The summed E-state index contributed by atoms with van der Waals surface area (Å²) in [5.74, 6) is 5.67. The van der Waals surface area contributed by atoms with E-state index in [1.165, 1.54) is 76.2 Å². The minimum absolute atomic E-state index is 0. The Bertz CT molecular complexity index is 1490. The molecule has 0 amide bonds. The summed E-state index contributed by atoms with van der Waals surface area (Å²) in [6, 6.07) is 30.3. The van der Waals surface area contributed by atoms with Crippen LogP contribution in [0.3, 0.4) is 0 Å². The normalized spacial score (nSPS) is 17.1. The van der Waals surface area contributed by atoms with E-state index < -0.39 is 0 Å². The van der Waals surface area contributed by atoms with E-state index in [4.69, 9.17) is 0 Å². The molecule has 2 unspecified atom stereocenters. The van der Waals surface area contributed by atoms with Crippen LogP contribution in [0.5, 0.6) is 0 Å². The number of benzene rings is 4. The first kappa shape index (κ1) is 34.6. The molecule has 2 atom stereocenters. The van der Waals surface area contributed by atoms with Crippen LogP contribution >= 0.6 is 0 Å². The van der Waals surface area contributed by atoms with E-state index in [-0.39, 0.29) is 34.9 Å². The Labute approximate surface area is 269 Å². The second-order valence-electron chi connectivity index (χ2n) is 10.4. The van der Waals surface area contributed by atoms with Crippen molar-refractivity contribution in [3.8, 4) is 0 Å². The molecule has 4 heteroatoms. The smallest absolute Gasteiger partial charge is 1.00 e. The molecular weight excluding hydrogens is 754 g/mol. The van der Waals surface area contributed by atoms with Gasteiger partial charge >= 0.3 is 42.8 Å². The zero-order chi connectivity index (χ0) is 27.2. The van der Waals surface area contributed by atoms with Gasteiger partial charge < -0.3 is 24.8 Å². The van der Waals surface area contributed by atoms with Crippen LogP contribution in [0.4, 0.5) is 0 Å². The van der Waals surface area contributed by atoms with Gasteiger partial charge in [-0.3, -0.25) is 12.2 Å². The minimum Gasteiger partial charge on any atom is -1.00 e. The Morgan fingerprint density at radius 2 is 0.900 bits per heavy atom. The number of rotatable bonds is 2. The molecule has 0 saturated carbocycles. The predicted octanol–water partition coefficient (Wildman–Crippen LogP) is 4.04. The molecule has 4 aromatic carbocycles. The molecule has 4 aromatic rings. The van der Waals surface area contributed by atoms with Crippen LogP contribution in [0.15, 0.2) is 108 Å². The van der Waals surface area contributed by atoms with Gasteiger partial charge in [0.25, 0.3) is 0 Å². The van der Waals surface area contributed by atoms with Crippen LogP contribution < -0.4 is 24.8 Å². The summed E-state index contributed by atoms with van der Waals surface area (Å²) in [7, 11) is -0.194. The van der Waals surface area contributed by atoms with E-state index in [1.807, 2.05) is 0 Å². The second-order valence-corrected chi connectivity index (χ2v) is 33.3. The molecule has 2 aliphatic carbocycles. The average Bonchev–Trinajstić information content (AvgIpc) is 3.42. The van der Waals surface area contributed by atoms with Gasteiger partial charge in [0.2, 0.25) is 0 Å². The zero-order valence-electron chi connectivity index (χ0n) is 24.1. The van der Waals surface area contributed by atoms with Crippen molar-refractivity contribution in [2.75, 3.05) is 0 Å². The van der Waals surface area contributed by atoms with E-state index in [2.05, 4.69) is 148 Å². The monoisotopic (exact) mass is 792 g/mol. The number of hydrogen-bond acceptors (Lipinski definition) is 0. The largest absolute Gasteiger partial charge is 1.00 e. The third-order valence-electron chi connectivity index (χ3n) is 6.65. The maximum atomic E-state index is 3.44. The molecular formula is C36H36Cl2GeHf-2. The molecule has 204 valence electrons. The Balaban J connectivity index is 0.000000237. The fourth-order valence-corrected chi connectivity index (χ4v) is 5.01. The number of halogens is 2. The van der Waals surface area contributed by atoms with Crippen molar-refractivity contribution >= 4 is 42.7 Å². The van der Waals surface area contributed by atoms with Crippen molar-refractivity contribution in [3.05, 3.63) is 132 Å². The van der Waals surface area contributed by atoms with Crippen LogP contribution in [0.2, 0.25) is 11.5 Å². The van der Waals surface area contributed by atoms with E-state index in [0.717, 1.165) is 0 Å². The Morgan fingerprint density at radius 1 is 0.575 bits per heavy atom. The van der Waals surface area contributed by atoms with Crippen molar-refractivity contribution in [3.63, 3.8) is 0 Å². The summed E-state index contributed by atoms with van der Waals surface area (Å²) in [5, 5.41) is 5.21. The molecule has 0 saturated heterocycles. The van der Waals surface area contributed by atoms with Crippen molar-refractivity contribution < 1.29 is 46.1 Å². The van der Waals surface area contributed by atoms with E-state index >= 15 is 0 Å². The van der Waals surface area contributed by atoms with Crippen LogP contribution in [-0.4, -0.2) is 10.1 Å². The molecule has 0 N–H and O–H groups in total. The standard InChI is InChI=1S/2C17H15.C2H6Ge.2ClH.Hf/c2*1-12-9-13(2)17(10-12)16-8-7-14-5-3-4-6-15(14)11-16;1-3-2;;;/h2*3-8,10-12H,1-2H3;1-2H3;2*1H;/q2*-1;;;;+2/p-2. The van der Waals surface area contributed by atoms with Gasteiger partial charge in [0.1, 0.15) is 0 Å². The summed E-state index contributed by atoms with van der Waals surface area (Å²) in [5.41, 5.74) is 7.82. The van der Waals surface area contributed by atoms with E-state index in [9.17, 15) is 0 Å². The third kappa shape index (κ3) is 9.18. The summed E-state index contributed by atoms with van der Waals surface area (Å²) in [4.78, 5) is 0. The molecule has 0 bridgehead atoms. The van der Waals surface area contributed by atoms with E-state index in [1.54, 1.807) is 0 Å². The van der Waals surface area contributed by atoms with Crippen LogP contribution in [0.1, 0.15) is 38.8 Å². The molecule has 0 spiro atoms. The van der Waals surface area contributed by atoms with Crippen molar-refractivity contribution in [2.24, 2.45) is 11.8 Å². The first-order valence-electron chi connectivity index (χ1n) is 13.4. The summed E-state index contributed by atoms with van der Waals surface area (Å²) < 4.78 is 0. The second kappa shape index (κ2) is 16.1. The molecule has 0 fully saturated rings. The molecule has 6 rings (SSSR count). The topological polar surface area (TPSA) is 0 Å². The van der Waals surface area contributed by atoms with Gasteiger partial charge in [0.15, 0.2) is 0 Å². The summed E-state index contributed by atoms with van der Waals surface area (Å²) >= 11 is 1.52. The van der Waals surface area contributed by atoms with Crippen LogP contribution in [-0.2, 0) is 21.3 Å². The van der Waals surface area contributed by atoms with Gasteiger partial charge in [-0.15, -0.1) is 0 Å². The molecule has 0 aromatic heterocycles. The van der Waals surface area contributed by atoms with Gasteiger partial charge in [-0.25, -0.2) is 11.1 Å². The molecule has 40 heavy (non-hydrogen) atoms. The Morgan fingerprint density at radius 3 is 1.20 bits per heavy atom. The van der Waals surface area contributed by atoms with Crippen molar-refractivity contribution in [1.82, 2.24) is 0 Å². The van der Waals surface area contributed by atoms with Crippen LogP contribution in [0.25, 0.3) is 32.7 Å². The number of allylic oxidation sites excluding steroid dienone is 8. The van der Waals surface area contributed by atoms with Gasteiger partial charge in [0, 0.05) is 0 Å². The van der Waals surface area contributed by atoms with Gasteiger partial charge in [0.05, 0.1) is 0 Å². The van der Waals surface area contributed by atoms with Gasteiger partial charge in [-0.2, -0.15) is 23.3 Å². The number of hydrogen-bond donors (Lipinski definition) is 0. The minimum atomic E-state index is -0.194. The Kier molecular flexibility index (Phi) is 13.9.